The Kier molecular flexibility index (Phi) is 15.6. The molecule has 0 spiro atoms. The third-order valence-electron chi connectivity index (χ3n) is 13.9. The first-order chi connectivity index (χ1) is 32.5. The van der Waals surface area contributed by atoms with E-state index >= 15 is 0 Å². The molecule has 1 aromatic heterocycles. The van der Waals surface area contributed by atoms with E-state index in [1.165, 1.54) is 32.1 Å². The van der Waals surface area contributed by atoms with Crippen molar-refractivity contribution in [2.45, 2.75) is 120 Å². The molecule has 5 atom stereocenters. The Labute approximate surface area is 391 Å². The second-order valence-corrected chi connectivity index (χ2v) is 18.2. The number of imide groups is 1. The van der Waals surface area contributed by atoms with Gasteiger partial charge in [0.25, 0.3) is 0 Å². The number of hydrogen-bond acceptors (Lipinski definition) is 10. The van der Waals surface area contributed by atoms with Crippen LogP contribution in [0.3, 0.4) is 0 Å². The molecular weight excluding hydrogens is 889 g/mol. The number of fused-ring (bicyclic) bond motifs is 2. The summed E-state index contributed by atoms with van der Waals surface area (Å²) < 4.78 is 36.2. The third-order valence-corrected chi connectivity index (χ3v) is 13.9. The lowest BCUT2D eigenvalue weighted by molar-refractivity contribution is -0.142. The van der Waals surface area contributed by atoms with E-state index in [4.69, 9.17) is 10.5 Å². The number of likely N-dealkylation sites (tertiary alicyclic amines) is 1. The molecule has 2 aromatic carbocycles. The van der Waals surface area contributed by atoms with Crippen molar-refractivity contribution >= 4 is 58.5 Å². The van der Waals surface area contributed by atoms with E-state index in [1.54, 1.807) is 18.0 Å². The van der Waals surface area contributed by atoms with Crippen molar-refractivity contribution in [2.75, 3.05) is 33.3 Å². The number of hydrogen-bond donors (Lipinski definition) is 4. The summed E-state index contributed by atoms with van der Waals surface area (Å²) in [5.74, 6) is -5.84. The molecule has 0 bridgehead atoms. The molecule has 366 valence electrons. The zero-order valence-electron chi connectivity index (χ0n) is 38.3. The summed E-state index contributed by atoms with van der Waals surface area (Å²) >= 11 is 0. The highest BCUT2D eigenvalue weighted by atomic mass is 19.2. The van der Waals surface area contributed by atoms with Crippen LogP contribution in [-0.4, -0.2) is 129 Å². The molecule has 4 fully saturated rings. The smallest absolute Gasteiger partial charge is 0.409 e. The minimum Gasteiger partial charge on any atom is -0.453 e. The number of rotatable bonds is 15. The fraction of sp³-hybridized carbons (Fsp3) is 0.553. The first-order valence-electron chi connectivity index (χ1n) is 23.3. The summed E-state index contributed by atoms with van der Waals surface area (Å²) in [5.41, 5.74) is 7.62. The van der Waals surface area contributed by atoms with Crippen molar-refractivity contribution < 1.29 is 51.9 Å². The zero-order valence-corrected chi connectivity index (χ0v) is 38.3. The number of methoxy groups -OCH3 is 1. The lowest BCUT2D eigenvalue weighted by Gasteiger charge is -2.35. The molecule has 8 amide bonds. The highest BCUT2D eigenvalue weighted by molar-refractivity contribution is 6.00. The van der Waals surface area contributed by atoms with Gasteiger partial charge in [0.05, 0.1) is 18.1 Å². The number of imidazole rings is 1. The Morgan fingerprint density at radius 2 is 1.62 bits per heavy atom. The maximum absolute atomic E-state index is 14.4. The monoisotopic (exact) mass is 947 g/mol. The van der Waals surface area contributed by atoms with Gasteiger partial charge in [-0.3, -0.25) is 48.0 Å². The Balaban J connectivity index is 0.996. The van der Waals surface area contributed by atoms with Crippen molar-refractivity contribution in [3.05, 3.63) is 69.6 Å². The Morgan fingerprint density at radius 1 is 0.868 bits per heavy atom. The van der Waals surface area contributed by atoms with E-state index < -0.39 is 71.4 Å². The van der Waals surface area contributed by atoms with Gasteiger partial charge in [0.15, 0.2) is 11.6 Å². The van der Waals surface area contributed by atoms with Crippen LogP contribution < -0.4 is 27.4 Å². The minimum atomic E-state index is -1.36. The lowest BCUT2D eigenvalue weighted by Crippen LogP contribution is -2.58. The predicted molar refractivity (Wildman–Crippen MR) is 240 cm³/mol. The largest absolute Gasteiger partial charge is 0.453 e. The van der Waals surface area contributed by atoms with Gasteiger partial charge in [-0.1, -0.05) is 18.2 Å². The van der Waals surface area contributed by atoms with Crippen molar-refractivity contribution in [1.29, 1.82) is 0 Å². The molecule has 19 nitrogen and oxygen atoms in total. The van der Waals surface area contributed by atoms with Crippen molar-refractivity contribution in [3.8, 4) is 0 Å². The molecule has 5 N–H and O–H groups in total. The van der Waals surface area contributed by atoms with E-state index in [1.807, 2.05) is 12.1 Å². The Bertz CT molecular complexity index is 2520. The molecule has 0 aliphatic carbocycles. The molecule has 21 heteroatoms. The summed E-state index contributed by atoms with van der Waals surface area (Å²) in [7, 11) is 2.92. The van der Waals surface area contributed by atoms with Crippen LogP contribution in [0, 0.1) is 17.6 Å². The summed E-state index contributed by atoms with van der Waals surface area (Å²) in [5, 5.41) is 7.76. The van der Waals surface area contributed by atoms with Gasteiger partial charge in [0.2, 0.25) is 41.4 Å². The molecule has 5 heterocycles. The summed E-state index contributed by atoms with van der Waals surface area (Å²) in [6.45, 7) is 1.11. The molecular formula is C47H59F2N9O10. The van der Waals surface area contributed by atoms with Gasteiger partial charge in [-0.15, -0.1) is 0 Å². The average molecular weight is 948 g/mol. The molecule has 7 rings (SSSR count). The van der Waals surface area contributed by atoms with Gasteiger partial charge >= 0.3 is 11.8 Å². The average Bonchev–Trinajstić information content (AvgIpc) is 3.85. The van der Waals surface area contributed by atoms with Gasteiger partial charge in [-0.2, -0.15) is 0 Å². The number of ether oxygens (including phenoxy) is 1. The number of amides is 8. The van der Waals surface area contributed by atoms with Crippen molar-refractivity contribution in [3.63, 3.8) is 0 Å². The topological polar surface area (TPSA) is 245 Å². The van der Waals surface area contributed by atoms with Gasteiger partial charge in [-0.05, 0) is 99.5 Å². The Morgan fingerprint density at radius 3 is 2.32 bits per heavy atom. The fourth-order valence-electron chi connectivity index (χ4n) is 10.3. The quantitative estimate of drug-likeness (QED) is 0.161. The number of nitrogens with one attached hydrogen (secondary N) is 3. The van der Waals surface area contributed by atoms with Gasteiger partial charge < -0.3 is 35.8 Å². The van der Waals surface area contributed by atoms with E-state index in [9.17, 15) is 51.9 Å². The number of nitrogens with two attached hydrogens (primary N) is 1. The van der Waals surface area contributed by atoms with Crippen LogP contribution in [0.15, 0.2) is 41.2 Å². The number of halogens is 2. The van der Waals surface area contributed by atoms with E-state index in [0.29, 0.717) is 57.3 Å². The Hall–Kier alpha value is -6.67. The molecule has 0 saturated carbocycles. The maximum atomic E-state index is 14.4. The predicted octanol–water partition coefficient (Wildman–Crippen LogP) is 1.86. The second-order valence-electron chi connectivity index (χ2n) is 18.2. The van der Waals surface area contributed by atoms with Crippen LogP contribution in [0.4, 0.5) is 13.6 Å². The van der Waals surface area contributed by atoms with Crippen LogP contribution in [0.25, 0.3) is 11.0 Å². The molecule has 3 aromatic rings. The van der Waals surface area contributed by atoms with Crippen molar-refractivity contribution in [1.82, 2.24) is 39.8 Å². The number of aryl methyl sites for hydroxylation is 2. The molecule has 4 aliphatic heterocycles. The van der Waals surface area contributed by atoms with Crippen LogP contribution in [0.5, 0.6) is 0 Å². The van der Waals surface area contributed by atoms with Crippen LogP contribution in [0.2, 0.25) is 0 Å². The maximum Gasteiger partial charge on any atom is 0.409 e. The van der Waals surface area contributed by atoms with Gasteiger partial charge in [0, 0.05) is 65.0 Å². The lowest BCUT2D eigenvalue weighted by atomic mass is 9.90. The number of benzene rings is 2. The molecule has 4 saturated heterocycles. The van der Waals surface area contributed by atoms with Crippen molar-refractivity contribution in [2.24, 2.45) is 18.7 Å². The number of nitrogens with zero attached hydrogens (tertiary/aromatic N) is 5. The van der Waals surface area contributed by atoms with E-state index in [0.717, 1.165) is 36.1 Å². The minimum absolute atomic E-state index is 0.0447. The van der Waals surface area contributed by atoms with Gasteiger partial charge in [0.1, 0.15) is 24.2 Å². The standard InChI is InChI=1S/C47H59F2N9O10/c1-54-41-29(7-4-8-35(41)58(46(54)66)37-14-16-39(60)53-44(37)64)6-3-5-27-17-21-55(22-18-27)45(65)34(26-28-9-11-31(48)32(49)25-28)52-42(62)33(12-15-38(50)59)51-43(63)36-13-10-30-19-23-56(47(67)68-2)24-20-40(61)57(30)36/h4,7-9,11,25,27,30,33-34,36-37H,3,5-6,10,12-24,26H2,1-2H3,(H2,50,59)(H,51,63)(H,52,62)(H,53,60,64)/t30-,33+,34+,36+,37?/m1/s1. The molecule has 0 radical (unpaired) electrons. The van der Waals surface area contributed by atoms with Gasteiger partial charge in [-0.25, -0.2) is 18.4 Å². The third kappa shape index (κ3) is 11.0. The highest BCUT2D eigenvalue weighted by Crippen LogP contribution is 2.31. The first kappa shape index (κ1) is 49.2. The molecule has 4 aliphatic rings. The number of piperidine rings is 2. The zero-order chi connectivity index (χ0) is 48.8. The normalized spacial score (nSPS) is 21.1. The number of para-hydroxylation sites is 1. The highest BCUT2D eigenvalue weighted by Gasteiger charge is 2.43. The molecule has 68 heavy (non-hydrogen) atoms. The second kappa shape index (κ2) is 21.5. The summed E-state index contributed by atoms with van der Waals surface area (Å²) in [6.07, 6.45) is 3.71. The fourth-order valence-corrected chi connectivity index (χ4v) is 10.3. The van der Waals surface area contributed by atoms with E-state index in [2.05, 4.69) is 16.0 Å². The number of primary amides is 1. The van der Waals surface area contributed by atoms with E-state index in [-0.39, 0.29) is 86.5 Å². The van der Waals surface area contributed by atoms with Crippen LogP contribution in [0.1, 0.15) is 94.2 Å². The van der Waals surface area contributed by atoms with Crippen LogP contribution in [-0.2, 0) is 58.2 Å². The SMILES string of the molecule is COC(=O)N1CCC(=O)N2[C@H](CC[C@H]2C(=O)N[C@@H](CCC(N)=O)C(=O)N[C@@H](Cc2ccc(F)c(F)c2)C(=O)N2CCC(CCCc3cccc4c3n(C)c(=O)n4C3CCC(=O)NC3=O)CC2)CC1. The summed E-state index contributed by atoms with van der Waals surface area (Å²) in [4.78, 5) is 122. The number of aromatic nitrogens is 2. The van der Waals surface area contributed by atoms with Crippen LogP contribution >= 0.6 is 0 Å². The first-order valence-corrected chi connectivity index (χ1v) is 23.3. The number of carbonyl (C=O) groups is 8. The molecule has 1 unspecified atom stereocenters. The number of carbonyl (C=O) groups excluding carboxylic acids is 8. The summed E-state index contributed by atoms with van der Waals surface area (Å²) in [6, 6.07) is 4.08.